The van der Waals surface area contributed by atoms with Crippen LogP contribution in [0, 0.1) is 12.3 Å². The molecule has 0 fully saturated rings. The van der Waals surface area contributed by atoms with Gasteiger partial charge in [0.05, 0.1) is 19.0 Å². The van der Waals surface area contributed by atoms with Gasteiger partial charge in [-0.2, -0.15) is 0 Å². The summed E-state index contributed by atoms with van der Waals surface area (Å²) in [6.45, 7) is 5.94. The van der Waals surface area contributed by atoms with E-state index in [2.05, 4.69) is 41.5 Å². The fourth-order valence-electron chi connectivity index (χ4n) is 2.17. The Morgan fingerprint density at radius 1 is 1.18 bits per heavy atom. The zero-order chi connectivity index (χ0) is 16.2. The van der Waals surface area contributed by atoms with E-state index < -0.39 is 5.41 Å². The molecule has 0 atom stereocenters. The third kappa shape index (κ3) is 4.07. The molecule has 1 heterocycles. The predicted octanol–water partition coefficient (Wildman–Crippen LogP) is 3.61. The number of hydrogen-bond donors (Lipinski definition) is 1. The quantitative estimate of drug-likeness (QED) is 0.917. The van der Waals surface area contributed by atoms with Crippen LogP contribution in [0.2, 0.25) is 0 Å². The molecule has 0 aliphatic carbocycles. The first-order valence-electron chi connectivity index (χ1n) is 7.28. The van der Waals surface area contributed by atoms with Crippen LogP contribution in [0.25, 0.3) is 0 Å². The van der Waals surface area contributed by atoms with Crippen molar-refractivity contribution in [1.82, 2.24) is 4.98 Å². The number of rotatable bonds is 5. The lowest BCUT2D eigenvalue weighted by Crippen LogP contribution is -2.32. The first-order valence-corrected chi connectivity index (χ1v) is 7.28. The maximum absolute atomic E-state index is 12.5. The van der Waals surface area contributed by atoms with Crippen LogP contribution in [0.5, 0.6) is 5.88 Å². The summed E-state index contributed by atoms with van der Waals surface area (Å²) in [5.74, 6) is 0.497. The number of benzene rings is 1. The normalized spacial score (nSPS) is 11.1. The smallest absolute Gasteiger partial charge is 0.230 e. The predicted molar refractivity (Wildman–Crippen MR) is 88.1 cm³/mol. The second-order valence-electron chi connectivity index (χ2n) is 6.09. The highest BCUT2D eigenvalue weighted by atomic mass is 16.5. The lowest BCUT2D eigenvalue weighted by molar-refractivity contribution is -0.123. The van der Waals surface area contributed by atoms with Crippen LogP contribution in [0.3, 0.4) is 0 Å². The van der Waals surface area contributed by atoms with Gasteiger partial charge in [-0.15, -0.1) is 0 Å². The van der Waals surface area contributed by atoms with Gasteiger partial charge in [-0.05, 0) is 25.0 Å². The number of aryl methyl sites for hydroxylation is 1. The molecule has 0 spiro atoms. The van der Waals surface area contributed by atoms with Gasteiger partial charge in [0, 0.05) is 11.5 Å². The molecule has 0 radical (unpaired) electrons. The van der Waals surface area contributed by atoms with Crippen molar-refractivity contribution in [3.63, 3.8) is 0 Å². The van der Waals surface area contributed by atoms with Gasteiger partial charge >= 0.3 is 0 Å². The summed E-state index contributed by atoms with van der Waals surface area (Å²) in [6.07, 6.45) is 2.28. The van der Waals surface area contributed by atoms with Crippen molar-refractivity contribution in [3.8, 4) is 5.88 Å². The molecule has 4 nitrogen and oxygen atoms in total. The summed E-state index contributed by atoms with van der Waals surface area (Å²) >= 11 is 0. The molecule has 1 aromatic heterocycles. The molecule has 0 unspecified atom stereocenters. The Morgan fingerprint density at radius 3 is 2.41 bits per heavy atom. The summed E-state index contributed by atoms with van der Waals surface area (Å²) in [6, 6.07) is 11.8. The number of nitrogens with one attached hydrogen (secondary N) is 1. The van der Waals surface area contributed by atoms with Gasteiger partial charge in [-0.1, -0.05) is 43.7 Å². The maximum Gasteiger partial charge on any atom is 0.230 e. The van der Waals surface area contributed by atoms with Crippen LogP contribution < -0.4 is 10.1 Å². The largest absolute Gasteiger partial charge is 0.481 e. The molecule has 22 heavy (non-hydrogen) atoms. The molecular formula is C18H22N2O2. The molecule has 1 N–H and O–H groups in total. The molecule has 0 aliphatic rings. The summed E-state index contributed by atoms with van der Waals surface area (Å²) < 4.78 is 5.01. The van der Waals surface area contributed by atoms with E-state index >= 15 is 0 Å². The standard InChI is InChI=1S/C18H22N2O2/c1-13-5-7-14(8-6-13)11-18(2,3)17(21)20-15-9-10-16(22-4)19-12-15/h5-10,12H,11H2,1-4H3,(H,20,21). The van der Waals surface area contributed by atoms with Crippen LogP contribution in [-0.4, -0.2) is 18.0 Å². The second kappa shape index (κ2) is 6.60. The van der Waals surface area contributed by atoms with Crippen LogP contribution in [0.15, 0.2) is 42.6 Å². The van der Waals surface area contributed by atoms with E-state index in [-0.39, 0.29) is 5.91 Å². The van der Waals surface area contributed by atoms with Crippen molar-refractivity contribution in [2.45, 2.75) is 27.2 Å². The molecule has 116 valence electrons. The fourth-order valence-corrected chi connectivity index (χ4v) is 2.17. The van der Waals surface area contributed by atoms with Gasteiger partial charge in [0.15, 0.2) is 0 Å². The number of methoxy groups -OCH3 is 1. The second-order valence-corrected chi connectivity index (χ2v) is 6.09. The average Bonchev–Trinajstić information content (AvgIpc) is 2.50. The lowest BCUT2D eigenvalue weighted by Gasteiger charge is -2.23. The van der Waals surface area contributed by atoms with Crippen molar-refractivity contribution < 1.29 is 9.53 Å². The Bertz CT molecular complexity index is 631. The number of pyridine rings is 1. The first kappa shape index (κ1) is 16.0. The Kier molecular flexibility index (Phi) is 4.81. The van der Waals surface area contributed by atoms with E-state index in [1.807, 2.05) is 13.8 Å². The van der Waals surface area contributed by atoms with Crippen LogP contribution in [0.4, 0.5) is 5.69 Å². The third-order valence-corrected chi connectivity index (χ3v) is 3.58. The number of carbonyl (C=O) groups excluding carboxylic acids is 1. The van der Waals surface area contributed by atoms with Crippen LogP contribution >= 0.6 is 0 Å². The van der Waals surface area contributed by atoms with E-state index in [0.29, 0.717) is 18.0 Å². The Morgan fingerprint density at radius 2 is 1.86 bits per heavy atom. The van der Waals surface area contributed by atoms with Crippen LogP contribution in [0.1, 0.15) is 25.0 Å². The summed E-state index contributed by atoms with van der Waals surface area (Å²) in [5.41, 5.74) is 2.53. The minimum absolute atomic E-state index is 0.0277. The molecule has 4 heteroatoms. The number of amides is 1. The fraction of sp³-hybridized carbons (Fsp3) is 0.333. The van der Waals surface area contributed by atoms with Gasteiger partial charge < -0.3 is 10.1 Å². The first-order chi connectivity index (χ1) is 10.4. The summed E-state index contributed by atoms with van der Waals surface area (Å²) in [7, 11) is 1.56. The highest BCUT2D eigenvalue weighted by molar-refractivity contribution is 5.94. The number of anilines is 1. The summed E-state index contributed by atoms with van der Waals surface area (Å²) in [5, 5.41) is 2.91. The molecule has 2 aromatic rings. The highest BCUT2D eigenvalue weighted by Crippen LogP contribution is 2.24. The molecule has 0 bridgehead atoms. The Hall–Kier alpha value is -2.36. The molecule has 0 saturated carbocycles. The SMILES string of the molecule is COc1ccc(NC(=O)C(C)(C)Cc2ccc(C)cc2)cn1. The number of nitrogens with zero attached hydrogens (tertiary/aromatic N) is 1. The number of hydrogen-bond acceptors (Lipinski definition) is 3. The van der Waals surface area contributed by atoms with Gasteiger partial charge in [0.1, 0.15) is 0 Å². The molecule has 0 aliphatic heterocycles. The van der Waals surface area contributed by atoms with Gasteiger partial charge in [-0.3, -0.25) is 4.79 Å². The Labute approximate surface area is 131 Å². The maximum atomic E-state index is 12.5. The van der Waals surface area contributed by atoms with Crippen LogP contribution in [-0.2, 0) is 11.2 Å². The van der Waals surface area contributed by atoms with E-state index in [9.17, 15) is 4.79 Å². The van der Waals surface area contributed by atoms with Crippen molar-refractivity contribution >= 4 is 11.6 Å². The molecule has 2 rings (SSSR count). The number of aromatic nitrogens is 1. The van der Waals surface area contributed by atoms with Gasteiger partial charge in [0.25, 0.3) is 0 Å². The minimum Gasteiger partial charge on any atom is -0.481 e. The average molecular weight is 298 g/mol. The van der Waals surface area contributed by atoms with Crippen molar-refractivity contribution in [2.75, 3.05) is 12.4 Å². The summed E-state index contributed by atoms with van der Waals surface area (Å²) in [4.78, 5) is 16.6. The zero-order valence-corrected chi connectivity index (χ0v) is 13.5. The number of carbonyl (C=O) groups is 1. The zero-order valence-electron chi connectivity index (χ0n) is 13.5. The lowest BCUT2D eigenvalue weighted by atomic mass is 9.84. The highest BCUT2D eigenvalue weighted by Gasteiger charge is 2.28. The van der Waals surface area contributed by atoms with Crippen molar-refractivity contribution in [3.05, 3.63) is 53.7 Å². The van der Waals surface area contributed by atoms with Crippen molar-refractivity contribution in [2.24, 2.45) is 5.41 Å². The monoisotopic (exact) mass is 298 g/mol. The van der Waals surface area contributed by atoms with E-state index in [1.54, 1.807) is 25.4 Å². The third-order valence-electron chi connectivity index (χ3n) is 3.58. The van der Waals surface area contributed by atoms with Gasteiger partial charge in [0.2, 0.25) is 11.8 Å². The van der Waals surface area contributed by atoms with Gasteiger partial charge in [-0.25, -0.2) is 4.98 Å². The van der Waals surface area contributed by atoms with Crippen molar-refractivity contribution in [1.29, 1.82) is 0 Å². The topological polar surface area (TPSA) is 51.2 Å². The van der Waals surface area contributed by atoms with E-state index in [0.717, 1.165) is 5.56 Å². The minimum atomic E-state index is -0.505. The molecule has 1 amide bonds. The van der Waals surface area contributed by atoms with E-state index in [4.69, 9.17) is 4.74 Å². The molecule has 0 saturated heterocycles. The Balaban J connectivity index is 2.04. The molecule has 1 aromatic carbocycles. The molecular weight excluding hydrogens is 276 g/mol. The number of ether oxygens (including phenoxy) is 1. The van der Waals surface area contributed by atoms with E-state index in [1.165, 1.54) is 5.56 Å².